The molecule has 5 nitrogen and oxygen atoms in total. The molecule has 1 heterocycles. The maximum atomic E-state index is 13.1. The predicted molar refractivity (Wildman–Crippen MR) is 100 cm³/mol. The van der Waals surface area contributed by atoms with Gasteiger partial charge in [0, 0.05) is 21.7 Å². The van der Waals surface area contributed by atoms with Gasteiger partial charge in [-0.1, -0.05) is 17.7 Å². The van der Waals surface area contributed by atoms with Crippen LogP contribution in [-0.2, 0) is 10.2 Å². The van der Waals surface area contributed by atoms with Crippen LogP contribution in [-0.4, -0.2) is 26.7 Å². The van der Waals surface area contributed by atoms with Crippen molar-refractivity contribution in [3.8, 4) is 5.75 Å². The van der Waals surface area contributed by atoms with E-state index in [4.69, 9.17) is 11.6 Å². The van der Waals surface area contributed by atoms with Gasteiger partial charge in [0.1, 0.15) is 5.75 Å². The van der Waals surface area contributed by atoms with Crippen LogP contribution in [0.25, 0.3) is 10.9 Å². The Labute approximate surface area is 155 Å². The van der Waals surface area contributed by atoms with Crippen LogP contribution in [0.5, 0.6) is 5.75 Å². The van der Waals surface area contributed by atoms with Crippen molar-refractivity contribution in [3.05, 3.63) is 64.3 Å². The molecule has 6 heteroatoms. The minimum absolute atomic E-state index is 0.00675. The zero-order valence-electron chi connectivity index (χ0n) is 14.6. The number of nitrogens with zero attached hydrogens (tertiary/aromatic N) is 1. The van der Waals surface area contributed by atoms with Crippen molar-refractivity contribution in [1.29, 1.82) is 0 Å². The number of aromatic nitrogens is 1. The van der Waals surface area contributed by atoms with E-state index < -0.39 is 11.4 Å². The maximum absolute atomic E-state index is 13.1. The summed E-state index contributed by atoms with van der Waals surface area (Å²) in [6, 6.07) is 11.2. The Morgan fingerprint density at radius 2 is 1.81 bits per heavy atom. The van der Waals surface area contributed by atoms with E-state index in [2.05, 4.69) is 0 Å². The normalized spacial score (nSPS) is 11.7. The van der Waals surface area contributed by atoms with E-state index in [9.17, 15) is 19.8 Å². The fourth-order valence-corrected chi connectivity index (χ4v) is 3.51. The van der Waals surface area contributed by atoms with Gasteiger partial charge in [0.25, 0.3) is 5.91 Å². The van der Waals surface area contributed by atoms with Crippen LogP contribution >= 0.6 is 11.6 Å². The maximum Gasteiger partial charge on any atom is 0.313 e. The van der Waals surface area contributed by atoms with Gasteiger partial charge in [-0.25, -0.2) is 0 Å². The minimum atomic E-state index is -1.24. The van der Waals surface area contributed by atoms with Crippen LogP contribution in [0.4, 0.5) is 0 Å². The summed E-state index contributed by atoms with van der Waals surface area (Å²) in [5.74, 6) is -1.32. The van der Waals surface area contributed by atoms with Crippen molar-refractivity contribution in [2.24, 2.45) is 0 Å². The first kappa shape index (κ1) is 18.0. The molecule has 26 heavy (non-hydrogen) atoms. The first-order valence-electron chi connectivity index (χ1n) is 8.02. The number of aromatic hydroxyl groups is 1. The summed E-state index contributed by atoms with van der Waals surface area (Å²) < 4.78 is 1.47. The number of fused-ring (bicyclic) bond motifs is 1. The van der Waals surface area contributed by atoms with Crippen molar-refractivity contribution >= 4 is 34.4 Å². The Morgan fingerprint density at radius 3 is 2.42 bits per heavy atom. The van der Waals surface area contributed by atoms with Crippen LogP contribution in [0.3, 0.4) is 0 Å². The molecule has 0 atom stereocenters. The number of hydrogen-bond acceptors (Lipinski definition) is 3. The monoisotopic (exact) mass is 371 g/mol. The average Bonchev–Trinajstić information content (AvgIpc) is 2.85. The SMILES string of the molecule is Cc1c(C(C)(C)C(=O)O)c2cc(O)ccc2n1C(=O)c1cccc(Cl)c1. The molecule has 3 rings (SSSR count). The van der Waals surface area contributed by atoms with Gasteiger partial charge in [-0.05, 0) is 62.7 Å². The van der Waals surface area contributed by atoms with Crippen molar-refractivity contribution in [2.75, 3.05) is 0 Å². The molecule has 134 valence electrons. The van der Waals surface area contributed by atoms with Crippen LogP contribution in [0.2, 0.25) is 5.02 Å². The molecule has 0 radical (unpaired) electrons. The van der Waals surface area contributed by atoms with Gasteiger partial charge < -0.3 is 10.2 Å². The molecule has 0 spiro atoms. The summed E-state index contributed by atoms with van der Waals surface area (Å²) in [6.07, 6.45) is 0. The van der Waals surface area contributed by atoms with E-state index in [0.29, 0.717) is 32.7 Å². The lowest BCUT2D eigenvalue weighted by Gasteiger charge is -2.20. The number of benzene rings is 2. The topological polar surface area (TPSA) is 79.5 Å². The Balaban J connectivity index is 2.36. The van der Waals surface area contributed by atoms with Crippen LogP contribution < -0.4 is 0 Å². The van der Waals surface area contributed by atoms with Crippen LogP contribution in [0.1, 0.15) is 35.5 Å². The van der Waals surface area contributed by atoms with Crippen molar-refractivity contribution in [3.63, 3.8) is 0 Å². The number of halogens is 1. The second-order valence-corrected chi connectivity index (χ2v) is 7.18. The summed E-state index contributed by atoms with van der Waals surface area (Å²) in [6.45, 7) is 4.87. The summed E-state index contributed by atoms with van der Waals surface area (Å²) in [4.78, 5) is 24.9. The Bertz CT molecular complexity index is 1050. The largest absolute Gasteiger partial charge is 0.508 e. The molecule has 1 aromatic heterocycles. The van der Waals surface area contributed by atoms with Crippen molar-refractivity contribution in [2.45, 2.75) is 26.2 Å². The molecule has 2 N–H and O–H groups in total. The number of hydrogen-bond donors (Lipinski definition) is 2. The number of phenols is 1. The number of carboxylic acids is 1. The van der Waals surface area contributed by atoms with Gasteiger partial charge in [0.05, 0.1) is 10.9 Å². The molecule has 0 fully saturated rings. The second kappa shape index (κ2) is 6.18. The molecule has 0 saturated heterocycles. The van der Waals surface area contributed by atoms with Gasteiger partial charge >= 0.3 is 5.97 Å². The number of phenolic OH excluding ortho intramolecular Hbond substituents is 1. The smallest absolute Gasteiger partial charge is 0.313 e. The quantitative estimate of drug-likeness (QED) is 0.716. The van der Waals surface area contributed by atoms with Gasteiger partial charge in [0.15, 0.2) is 0 Å². The van der Waals surface area contributed by atoms with E-state index in [-0.39, 0.29) is 11.7 Å². The zero-order chi connectivity index (χ0) is 19.2. The highest BCUT2D eigenvalue weighted by Gasteiger charge is 2.36. The molecule has 2 aromatic carbocycles. The number of carbonyl (C=O) groups is 2. The third kappa shape index (κ3) is 2.74. The van der Waals surface area contributed by atoms with E-state index >= 15 is 0 Å². The highest BCUT2D eigenvalue weighted by Crippen LogP contribution is 2.37. The molecule has 0 bridgehead atoms. The third-order valence-corrected chi connectivity index (χ3v) is 4.86. The molecule has 0 aliphatic carbocycles. The number of carbonyl (C=O) groups excluding carboxylic acids is 1. The molecule has 0 aliphatic rings. The molecular formula is C20H18ClNO4. The van der Waals surface area contributed by atoms with Crippen LogP contribution in [0, 0.1) is 6.92 Å². The van der Waals surface area contributed by atoms with E-state index in [1.807, 2.05) is 0 Å². The first-order valence-corrected chi connectivity index (χ1v) is 8.40. The summed E-state index contributed by atoms with van der Waals surface area (Å²) in [5, 5.41) is 20.5. The van der Waals surface area contributed by atoms with E-state index in [0.717, 1.165) is 0 Å². The predicted octanol–water partition coefficient (Wildman–Crippen LogP) is 4.36. The highest BCUT2D eigenvalue weighted by molar-refractivity contribution is 6.31. The summed E-state index contributed by atoms with van der Waals surface area (Å²) in [7, 11) is 0. The summed E-state index contributed by atoms with van der Waals surface area (Å²) in [5.41, 5.74) is 0.699. The summed E-state index contributed by atoms with van der Waals surface area (Å²) >= 11 is 6.00. The highest BCUT2D eigenvalue weighted by atomic mass is 35.5. The zero-order valence-corrected chi connectivity index (χ0v) is 15.3. The number of aliphatic carboxylic acids is 1. The fourth-order valence-electron chi connectivity index (χ4n) is 3.31. The molecule has 0 unspecified atom stereocenters. The second-order valence-electron chi connectivity index (χ2n) is 6.74. The minimum Gasteiger partial charge on any atom is -0.508 e. The fraction of sp³-hybridized carbons (Fsp3) is 0.200. The average molecular weight is 372 g/mol. The Morgan fingerprint density at radius 1 is 1.12 bits per heavy atom. The molecular weight excluding hydrogens is 354 g/mol. The third-order valence-electron chi connectivity index (χ3n) is 4.62. The van der Waals surface area contributed by atoms with Crippen molar-refractivity contribution < 1.29 is 19.8 Å². The van der Waals surface area contributed by atoms with Crippen LogP contribution in [0.15, 0.2) is 42.5 Å². The molecule has 0 amide bonds. The lowest BCUT2D eigenvalue weighted by molar-refractivity contribution is -0.142. The van der Waals surface area contributed by atoms with Gasteiger partial charge in [-0.2, -0.15) is 0 Å². The van der Waals surface area contributed by atoms with E-state index in [1.54, 1.807) is 51.1 Å². The van der Waals surface area contributed by atoms with Gasteiger partial charge in [-0.15, -0.1) is 0 Å². The van der Waals surface area contributed by atoms with Gasteiger partial charge in [-0.3, -0.25) is 14.2 Å². The number of rotatable bonds is 3. The Kier molecular flexibility index (Phi) is 4.28. The molecule has 0 saturated carbocycles. The first-order chi connectivity index (χ1) is 12.1. The lowest BCUT2D eigenvalue weighted by Crippen LogP contribution is -2.29. The van der Waals surface area contributed by atoms with Crippen molar-refractivity contribution in [1.82, 2.24) is 4.57 Å². The van der Waals surface area contributed by atoms with E-state index in [1.165, 1.54) is 16.7 Å². The standard InChI is InChI=1S/C20H18ClNO4/c1-11-17(20(2,3)19(25)26)15-10-14(23)7-8-16(15)22(11)18(24)12-5-4-6-13(21)9-12/h4-10,23H,1-3H3,(H,25,26). The Hall–Kier alpha value is -2.79. The lowest BCUT2D eigenvalue weighted by atomic mass is 9.83. The molecule has 0 aliphatic heterocycles. The van der Waals surface area contributed by atoms with Gasteiger partial charge in [0.2, 0.25) is 0 Å². The number of carboxylic acid groups (broad SMARTS) is 1. The molecule has 3 aromatic rings.